The Kier molecular flexibility index (Phi) is 4.19. The number of hydrogen-bond donors (Lipinski definition) is 1. The lowest BCUT2D eigenvalue weighted by molar-refractivity contribution is 0.0804. The van der Waals surface area contributed by atoms with Crippen molar-refractivity contribution in [3.63, 3.8) is 0 Å². The monoisotopic (exact) mass is 287 g/mol. The lowest BCUT2D eigenvalue weighted by atomic mass is 10.2. The molecule has 2 N–H and O–H groups in total. The largest absolute Gasteiger partial charge is 0.370 e. The Morgan fingerprint density at radius 2 is 2.00 bits per heavy atom. The van der Waals surface area contributed by atoms with Crippen molar-refractivity contribution in [3.8, 4) is 11.4 Å². The number of methoxy groups -OCH3 is 1. The van der Waals surface area contributed by atoms with E-state index in [4.69, 9.17) is 38.2 Å². The van der Waals surface area contributed by atoms with E-state index in [0.717, 1.165) is 0 Å². The summed E-state index contributed by atoms with van der Waals surface area (Å²) in [5.74, 6) is 0.719. The molecule has 1 heterocycles. The van der Waals surface area contributed by atoms with Crippen LogP contribution in [0.15, 0.2) is 22.7 Å². The molecule has 18 heavy (non-hydrogen) atoms. The molecule has 5 nitrogen and oxygen atoms in total. The van der Waals surface area contributed by atoms with Crippen LogP contribution in [0, 0.1) is 0 Å². The second kappa shape index (κ2) is 5.67. The summed E-state index contributed by atoms with van der Waals surface area (Å²) >= 11 is 11.8. The molecular formula is C11H11Cl2N3O2. The third kappa shape index (κ3) is 2.81. The molecule has 0 aliphatic carbocycles. The molecule has 0 saturated heterocycles. The van der Waals surface area contributed by atoms with Gasteiger partial charge in [0.05, 0.1) is 0 Å². The van der Waals surface area contributed by atoms with E-state index in [1.807, 2.05) is 0 Å². The number of benzene rings is 1. The Balaban J connectivity index is 2.34. The summed E-state index contributed by atoms with van der Waals surface area (Å²) in [4.78, 5) is 4.20. The van der Waals surface area contributed by atoms with Gasteiger partial charge in [0, 0.05) is 29.3 Å². The van der Waals surface area contributed by atoms with Gasteiger partial charge < -0.3 is 15.0 Å². The standard InChI is InChI=1S/C11H11Cl2N3O2/c1-17-9(5-14)11-15-10(16-18-11)6-2-7(12)4-8(13)3-6/h2-4,9H,5,14H2,1H3. The molecule has 1 unspecified atom stereocenters. The van der Waals surface area contributed by atoms with E-state index in [1.54, 1.807) is 18.2 Å². The third-order valence-electron chi connectivity index (χ3n) is 2.34. The van der Waals surface area contributed by atoms with Crippen molar-refractivity contribution in [1.29, 1.82) is 0 Å². The average Bonchev–Trinajstić information content (AvgIpc) is 2.79. The van der Waals surface area contributed by atoms with Crippen molar-refractivity contribution in [2.24, 2.45) is 5.73 Å². The molecule has 96 valence electrons. The Morgan fingerprint density at radius 3 is 2.56 bits per heavy atom. The summed E-state index contributed by atoms with van der Waals surface area (Å²) < 4.78 is 10.2. The second-order valence-electron chi connectivity index (χ2n) is 3.57. The molecule has 0 spiro atoms. The summed E-state index contributed by atoms with van der Waals surface area (Å²) in [6.07, 6.45) is -0.416. The first kappa shape index (κ1) is 13.3. The van der Waals surface area contributed by atoms with Gasteiger partial charge in [0.25, 0.3) is 5.89 Å². The maximum absolute atomic E-state index is 5.91. The summed E-state index contributed by atoms with van der Waals surface area (Å²) in [5, 5.41) is 4.86. The molecule has 0 amide bonds. The number of halogens is 2. The van der Waals surface area contributed by atoms with Gasteiger partial charge in [0.15, 0.2) is 0 Å². The van der Waals surface area contributed by atoms with Gasteiger partial charge in [-0.25, -0.2) is 0 Å². The van der Waals surface area contributed by atoms with E-state index in [0.29, 0.717) is 27.3 Å². The predicted octanol–water partition coefficient (Wildman–Crippen LogP) is 2.69. The number of hydrogen-bond acceptors (Lipinski definition) is 5. The van der Waals surface area contributed by atoms with Crippen molar-refractivity contribution in [2.75, 3.05) is 13.7 Å². The van der Waals surface area contributed by atoms with Gasteiger partial charge in [-0.3, -0.25) is 0 Å². The fraction of sp³-hybridized carbons (Fsp3) is 0.273. The van der Waals surface area contributed by atoms with Crippen LogP contribution in [0.3, 0.4) is 0 Å². The SMILES string of the molecule is COC(CN)c1nc(-c2cc(Cl)cc(Cl)c2)no1. The average molecular weight is 288 g/mol. The Hall–Kier alpha value is -1.14. The van der Waals surface area contributed by atoms with Gasteiger partial charge >= 0.3 is 0 Å². The molecule has 2 aromatic rings. The van der Waals surface area contributed by atoms with Gasteiger partial charge in [-0.05, 0) is 18.2 Å². The summed E-state index contributed by atoms with van der Waals surface area (Å²) in [6.45, 7) is 0.258. The van der Waals surface area contributed by atoms with Crippen molar-refractivity contribution < 1.29 is 9.26 Å². The minimum absolute atomic E-state index is 0.258. The molecular weight excluding hydrogens is 277 g/mol. The Morgan fingerprint density at radius 1 is 1.33 bits per heavy atom. The van der Waals surface area contributed by atoms with Gasteiger partial charge in [-0.2, -0.15) is 4.98 Å². The normalized spacial score (nSPS) is 12.7. The maximum atomic E-state index is 5.91. The molecule has 0 aliphatic heterocycles. The quantitative estimate of drug-likeness (QED) is 0.936. The molecule has 7 heteroatoms. The van der Waals surface area contributed by atoms with E-state index in [1.165, 1.54) is 7.11 Å². The van der Waals surface area contributed by atoms with Crippen molar-refractivity contribution in [1.82, 2.24) is 10.1 Å². The number of nitrogens with zero attached hydrogens (tertiary/aromatic N) is 2. The van der Waals surface area contributed by atoms with E-state index in [2.05, 4.69) is 10.1 Å². The molecule has 1 aromatic carbocycles. The highest BCUT2D eigenvalue weighted by Crippen LogP contribution is 2.26. The van der Waals surface area contributed by atoms with Gasteiger partial charge in [0.2, 0.25) is 5.82 Å². The van der Waals surface area contributed by atoms with Crippen molar-refractivity contribution >= 4 is 23.2 Å². The number of aromatic nitrogens is 2. The zero-order valence-corrected chi connectivity index (χ0v) is 11.1. The fourth-order valence-corrected chi connectivity index (χ4v) is 1.99. The number of nitrogens with two attached hydrogens (primary N) is 1. The molecule has 1 aromatic heterocycles. The second-order valence-corrected chi connectivity index (χ2v) is 4.45. The molecule has 0 radical (unpaired) electrons. The van der Waals surface area contributed by atoms with Crippen LogP contribution in [-0.2, 0) is 4.74 Å². The molecule has 0 aliphatic rings. The highest BCUT2D eigenvalue weighted by atomic mass is 35.5. The Bertz CT molecular complexity index is 521. The molecule has 1 atom stereocenters. The number of rotatable bonds is 4. The summed E-state index contributed by atoms with van der Waals surface area (Å²) in [5.41, 5.74) is 6.19. The van der Waals surface area contributed by atoms with Crippen LogP contribution in [0.4, 0.5) is 0 Å². The van der Waals surface area contributed by atoms with Crippen LogP contribution in [0.25, 0.3) is 11.4 Å². The fourth-order valence-electron chi connectivity index (χ4n) is 1.46. The minimum atomic E-state index is -0.416. The third-order valence-corrected chi connectivity index (χ3v) is 2.77. The van der Waals surface area contributed by atoms with E-state index < -0.39 is 6.10 Å². The van der Waals surface area contributed by atoms with Gasteiger partial charge in [0.1, 0.15) is 6.10 Å². The van der Waals surface area contributed by atoms with Crippen molar-refractivity contribution in [3.05, 3.63) is 34.1 Å². The summed E-state index contributed by atoms with van der Waals surface area (Å²) in [7, 11) is 1.53. The molecule has 0 bridgehead atoms. The lowest BCUT2D eigenvalue weighted by Gasteiger charge is -2.05. The smallest absolute Gasteiger partial charge is 0.257 e. The Labute approximate surface area is 114 Å². The first-order chi connectivity index (χ1) is 8.63. The molecule has 0 fully saturated rings. The van der Waals surface area contributed by atoms with Crippen LogP contribution in [-0.4, -0.2) is 23.8 Å². The van der Waals surface area contributed by atoms with E-state index >= 15 is 0 Å². The first-order valence-electron chi connectivity index (χ1n) is 5.17. The van der Waals surface area contributed by atoms with Crippen LogP contribution in [0.2, 0.25) is 10.0 Å². The maximum Gasteiger partial charge on any atom is 0.257 e. The zero-order chi connectivity index (χ0) is 13.1. The van der Waals surface area contributed by atoms with E-state index in [-0.39, 0.29) is 6.54 Å². The topological polar surface area (TPSA) is 74.2 Å². The number of ether oxygens (including phenoxy) is 1. The van der Waals surface area contributed by atoms with Gasteiger partial charge in [-0.15, -0.1) is 0 Å². The molecule has 0 saturated carbocycles. The highest BCUT2D eigenvalue weighted by Gasteiger charge is 2.17. The zero-order valence-electron chi connectivity index (χ0n) is 9.56. The van der Waals surface area contributed by atoms with Crippen LogP contribution >= 0.6 is 23.2 Å². The lowest BCUT2D eigenvalue weighted by Crippen LogP contribution is -2.14. The highest BCUT2D eigenvalue weighted by molar-refractivity contribution is 6.35. The van der Waals surface area contributed by atoms with Gasteiger partial charge in [-0.1, -0.05) is 28.4 Å². The minimum Gasteiger partial charge on any atom is -0.370 e. The van der Waals surface area contributed by atoms with Crippen LogP contribution in [0.5, 0.6) is 0 Å². The summed E-state index contributed by atoms with van der Waals surface area (Å²) in [6, 6.07) is 5.03. The molecule has 2 rings (SSSR count). The van der Waals surface area contributed by atoms with Crippen molar-refractivity contribution in [2.45, 2.75) is 6.10 Å². The van der Waals surface area contributed by atoms with E-state index in [9.17, 15) is 0 Å². The van der Waals surface area contributed by atoms with Crippen LogP contribution in [0.1, 0.15) is 12.0 Å². The van der Waals surface area contributed by atoms with Crippen LogP contribution < -0.4 is 5.73 Å². The first-order valence-corrected chi connectivity index (χ1v) is 5.92. The predicted molar refractivity (Wildman–Crippen MR) is 68.6 cm³/mol.